The number of aromatic nitrogens is 1. The van der Waals surface area contributed by atoms with Gasteiger partial charge in [0.15, 0.2) is 0 Å². The van der Waals surface area contributed by atoms with Crippen molar-refractivity contribution in [3.05, 3.63) is 58.3 Å². The van der Waals surface area contributed by atoms with Crippen molar-refractivity contribution in [2.45, 2.75) is 52.0 Å². The van der Waals surface area contributed by atoms with Gasteiger partial charge in [-0.3, -0.25) is 19.3 Å². The summed E-state index contributed by atoms with van der Waals surface area (Å²) >= 11 is 0.885. The number of nitrogens with one attached hydrogen (secondary N) is 1. The predicted molar refractivity (Wildman–Crippen MR) is 124 cm³/mol. The Kier molecular flexibility index (Phi) is 6.32. The molecule has 0 radical (unpaired) electrons. The van der Waals surface area contributed by atoms with Crippen LogP contribution in [0.5, 0.6) is 0 Å². The fourth-order valence-electron chi connectivity index (χ4n) is 4.24. The van der Waals surface area contributed by atoms with Gasteiger partial charge in [-0.25, -0.2) is 0 Å². The van der Waals surface area contributed by atoms with Gasteiger partial charge in [0.05, 0.1) is 4.91 Å². The molecule has 1 aliphatic carbocycles. The molecule has 2 heterocycles. The molecule has 1 saturated carbocycles. The molecule has 31 heavy (non-hydrogen) atoms. The Hall–Kier alpha value is -2.80. The average Bonchev–Trinajstić information content (AvgIpc) is 3.32. The smallest absolute Gasteiger partial charge is 0.294 e. The number of imide groups is 1. The number of carbonyl (C=O) groups excluding carboxylic acids is 3. The van der Waals surface area contributed by atoms with Crippen LogP contribution >= 0.6 is 11.8 Å². The largest absolute Gasteiger partial charge is 0.351 e. The SMILES string of the molecule is Cc1cccc(C)c1NC(=O)CN1C(=O)S/C(=C/c2ccn(C3CCCCC3)c2)C1=O. The molecular formula is C24H27N3O3S. The van der Waals surface area contributed by atoms with E-state index < -0.39 is 11.1 Å². The molecule has 7 heteroatoms. The third kappa shape index (κ3) is 4.77. The standard InChI is InChI=1S/C24H27N3O3S/c1-16-7-6-8-17(2)22(16)25-21(28)15-27-23(29)20(31-24(27)30)13-18-11-12-26(14-18)19-9-4-3-5-10-19/h6-8,11-14,19H,3-5,9-10,15H2,1-2H3,(H,25,28)/b20-13+. The van der Waals surface area contributed by atoms with E-state index in [4.69, 9.17) is 0 Å². The fourth-order valence-corrected chi connectivity index (χ4v) is 5.08. The number of aryl methyl sites for hydroxylation is 2. The van der Waals surface area contributed by atoms with Crippen molar-refractivity contribution in [1.82, 2.24) is 9.47 Å². The molecule has 162 valence electrons. The molecule has 1 aromatic carbocycles. The number of hydrogen-bond donors (Lipinski definition) is 1. The van der Waals surface area contributed by atoms with Gasteiger partial charge in [0, 0.05) is 24.1 Å². The summed E-state index contributed by atoms with van der Waals surface area (Å²) in [5, 5.41) is 2.42. The lowest BCUT2D eigenvalue weighted by molar-refractivity contribution is -0.127. The molecule has 0 bridgehead atoms. The monoisotopic (exact) mass is 437 g/mol. The molecule has 3 amide bonds. The zero-order valence-corrected chi connectivity index (χ0v) is 18.7. The minimum absolute atomic E-state index is 0.293. The first kappa shape index (κ1) is 21.4. The predicted octanol–water partition coefficient (Wildman–Crippen LogP) is 5.29. The first-order valence-corrected chi connectivity index (χ1v) is 11.5. The number of thioether (sulfide) groups is 1. The quantitative estimate of drug-likeness (QED) is 0.646. The van der Waals surface area contributed by atoms with Gasteiger partial charge in [-0.1, -0.05) is 37.5 Å². The van der Waals surface area contributed by atoms with Crippen molar-refractivity contribution in [1.29, 1.82) is 0 Å². The first-order chi connectivity index (χ1) is 14.9. The van der Waals surface area contributed by atoms with Crippen molar-refractivity contribution >= 4 is 40.6 Å². The van der Waals surface area contributed by atoms with Crippen LogP contribution in [0.4, 0.5) is 10.5 Å². The molecule has 2 aliphatic rings. The molecule has 4 rings (SSSR count). The van der Waals surface area contributed by atoms with Gasteiger partial charge in [0.1, 0.15) is 6.54 Å². The highest BCUT2D eigenvalue weighted by molar-refractivity contribution is 8.18. The molecule has 1 aliphatic heterocycles. The normalized spacial score (nSPS) is 18.8. The minimum atomic E-state index is -0.419. The number of anilines is 1. The maximum Gasteiger partial charge on any atom is 0.294 e. The van der Waals surface area contributed by atoms with E-state index in [-0.39, 0.29) is 12.5 Å². The highest BCUT2D eigenvalue weighted by Crippen LogP contribution is 2.33. The summed E-state index contributed by atoms with van der Waals surface area (Å²) in [4.78, 5) is 39.1. The van der Waals surface area contributed by atoms with Gasteiger partial charge >= 0.3 is 0 Å². The zero-order chi connectivity index (χ0) is 22.0. The molecule has 0 unspecified atom stereocenters. The van der Waals surface area contributed by atoms with Crippen LogP contribution in [-0.4, -0.2) is 33.1 Å². The molecule has 6 nitrogen and oxygen atoms in total. The first-order valence-electron chi connectivity index (χ1n) is 10.7. The van der Waals surface area contributed by atoms with E-state index in [1.165, 1.54) is 32.1 Å². The van der Waals surface area contributed by atoms with Crippen LogP contribution in [0.15, 0.2) is 41.6 Å². The summed E-state index contributed by atoms with van der Waals surface area (Å²) in [6, 6.07) is 8.22. The number of nitrogens with zero attached hydrogens (tertiary/aromatic N) is 2. The second-order valence-electron chi connectivity index (χ2n) is 8.27. The van der Waals surface area contributed by atoms with Crippen molar-refractivity contribution < 1.29 is 14.4 Å². The number of hydrogen-bond acceptors (Lipinski definition) is 4. The van der Waals surface area contributed by atoms with Gasteiger partial charge in [-0.2, -0.15) is 0 Å². The lowest BCUT2D eigenvalue weighted by Gasteiger charge is -2.23. The molecule has 1 saturated heterocycles. The Bertz CT molecular complexity index is 1030. The Morgan fingerprint density at radius 2 is 1.84 bits per heavy atom. The molecule has 0 atom stereocenters. The van der Waals surface area contributed by atoms with Crippen LogP contribution < -0.4 is 5.32 Å². The van der Waals surface area contributed by atoms with Crippen LogP contribution in [0.1, 0.15) is 54.8 Å². The van der Waals surface area contributed by atoms with Crippen molar-refractivity contribution in [3.63, 3.8) is 0 Å². The number of benzene rings is 1. The topological polar surface area (TPSA) is 71.4 Å². The molecular weight excluding hydrogens is 410 g/mol. The third-order valence-electron chi connectivity index (χ3n) is 5.95. The average molecular weight is 438 g/mol. The highest BCUT2D eigenvalue weighted by Gasteiger charge is 2.36. The minimum Gasteiger partial charge on any atom is -0.351 e. The maximum absolute atomic E-state index is 12.8. The van der Waals surface area contributed by atoms with Gasteiger partial charge in [-0.05, 0) is 67.3 Å². The van der Waals surface area contributed by atoms with Crippen molar-refractivity contribution in [3.8, 4) is 0 Å². The molecule has 2 fully saturated rings. The van der Waals surface area contributed by atoms with E-state index in [1.807, 2.05) is 50.5 Å². The van der Waals surface area contributed by atoms with Crippen LogP contribution in [0.3, 0.4) is 0 Å². The van der Waals surface area contributed by atoms with Gasteiger partial charge in [0.2, 0.25) is 5.91 Å². The zero-order valence-electron chi connectivity index (χ0n) is 17.9. The van der Waals surface area contributed by atoms with E-state index in [2.05, 4.69) is 9.88 Å². The summed E-state index contributed by atoms with van der Waals surface area (Å²) in [7, 11) is 0. The maximum atomic E-state index is 12.8. The van der Waals surface area contributed by atoms with Gasteiger partial charge in [-0.15, -0.1) is 0 Å². The van der Waals surface area contributed by atoms with Crippen molar-refractivity contribution in [2.75, 3.05) is 11.9 Å². The van der Waals surface area contributed by atoms with E-state index in [0.717, 1.165) is 39.0 Å². The summed E-state index contributed by atoms with van der Waals surface area (Å²) in [5.41, 5.74) is 3.49. The third-order valence-corrected chi connectivity index (χ3v) is 6.86. The number of amides is 3. The Balaban J connectivity index is 1.43. The summed E-state index contributed by atoms with van der Waals surface area (Å²) < 4.78 is 2.22. The van der Waals surface area contributed by atoms with Crippen LogP contribution in [0, 0.1) is 13.8 Å². The van der Waals surface area contributed by atoms with Crippen LogP contribution in [0.25, 0.3) is 6.08 Å². The summed E-state index contributed by atoms with van der Waals surface area (Å²) in [6.07, 6.45) is 12.0. The van der Waals surface area contributed by atoms with Crippen LogP contribution in [-0.2, 0) is 9.59 Å². The number of rotatable bonds is 5. The number of para-hydroxylation sites is 1. The lowest BCUT2D eigenvalue weighted by atomic mass is 9.95. The second-order valence-corrected chi connectivity index (χ2v) is 9.26. The summed E-state index contributed by atoms with van der Waals surface area (Å²) in [5.74, 6) is -0.804. The molecule has 0 spiro atoms. The Morgan fingerprint density at radius 3 is 2.55 bits per heavy atom. The summed E-state index contributed by atoms with van der Waals surface area (Å²) in [6.45, 7) is 3.52. The van der Waals surface area contributed by atoms with Crippen molar-refractivity contribution in [2.24, 2.45) is 0 Å². The van der Waals surface area contributed by atoms with Gasteiger partial charge in [0.25, 0.3) is 11.1 Å². The molecule has 2 aromatic rings. The molecule has 1 aromatic heterocycles. The van der Waals surface area contributed by atoms with Crippen LogP contribution in [0.2, 0.25) is 0 Å². The highest BCUT2D eigenvalue weighted by atomic mass is 32.2. The van der Waals surface area contributed by atoms with E-state index >= 15 is 0 Å². The lowest BCUT2D eigenvalue weighted by Crippen LogP contribution is -2.36. The van der Waals surface area contributed by atoms with E-state index in [1.54, 1.807) is 6.08 Å². The van der Waals surface area contributed by atoms with E-state index in [9.17, 15) is 14.4 Å². The van der Waals surface area contributed by atoms with Gasteiger partial charge < -0.3 is 9.88 Å². The molecule has 1 N–H and O–H groups in total. The van der Waals surface area contributed by atoms with E-state index in [0.29, 0.717) is 10.9 Å². The second kappa shape index (κ2) is 9.14. The fraction of sp³-hybridized carbons (Fsp3) is 0.375. The number of carbonyl (C=O) groups is 3. The Labute approximate surface area is 186 Å². The Morgan fingerprint density at radius 1 is 1.13 bits per heavy atom.